The molecule has 28 heavy (non-hydrogen) atoms. The monoisotopic (exact) mass is 381 g/mol. The van der Waals surface area contributed by atoms with E-state index in [-0.39, 0.29) is 16.9 Å². The molecule has 7 heteroatoms. The number of carbonyl (C=O) groups excluding carboxylic acids is 2. The van der Waals surface area contributed by atoms with Crippen LogP contribution in [0.5, 0.6) is 0 Å². The van der Waals surface area contributed by atoms with Crippen LogP contribution in [0.25, 0.3) is 0 Å². The second kappa shape index (κ2) is 7.96. The van der Waals surface area contributed by atoms with E-state index in [1.54, 1.807) is 0 Å². The fourth-order valence-electron chi connectivity index (χ4n) is 2.54. The van der Waals surface area contributed by atoms with Crippen LogP contribution in [0.3, 0.4) is 0 Å². The summed E-state index contributed by atoms with van der Waals surface area (Å²) in [5.74, 6) is -2.76. The van der Waals surface area contributed by atoms with Gasteiger partial charge in [-0.15, -0.1) is 0 Å². The van der Waals surface area contributed by atoms with Crippen LogP contribution < -0.4 is 10.6 Å². The fourth-order valence-corrected chi connectivity index (χ4v) is 2.54. The summed E-state index contributed by atoms with van der Waals surface area (Å²) in [7, 11) is 0. The maximum atomic E-state index is 13.7. The number of aromatic nitrogens is 1. The molecule has 0 radical (unpaired) electrons. The number of hydrogen-bond donors (Lipinski definition) is 2. The minimum absolute atomic E-state index is 0.0353. The quantitative estimate of drug-likeness (QED) is 0.700. The largest absolute Gasteiger partial charge is 0.320 e. The van der Waals surface area contributed by atoms with Crippen LogP contribution in [0.4, 0.5) is 20.2 Å². The van der Waals surface area contributed by atoms with Crippen LogP contribution in [0.2, 0.25) is 0 Å². The Hall–Kier alpha value is -3.61. The normalized spacial score (nSPS) is 10.4. The molecule has 0 saturated carbocycles. The third kappa shape index (κ3) is 4.37. The Balaban J connectivity index is 1.78. The van der Waals surface area contributed by atoms with Gasteiger partial charge in [0, 0.05) is 23.5 Å². The van der Waals surface area contributed by atoms with Gasteiger partial charge in [0.2, 0.25) is 0 Å². The van der Waals surface area contributed by atoms with Crippen LogP contribution in [-0.4, -0.2) is 16.8 Å². The van der Waals surface area contributed by atoms with Crippen LogP contribution in [-0.2, 0) is 0 Å². The molecule has 0 aliphatic heterocycles. The van der Waals surface area contributed by atoms with Gasteiger partial charge in [-0.25, -0.2) is 8.78 Å². The summed E-state index contributed by atoms with van der Waals surface area (Å²) in [5, 5.41) is 5.11. The molecule has 2 N–H and O–H groups in total. The lowest BCUT2D eigenvalue weighted by Crippen LogP contribution is -2.17. The lowest BCUT2D eigenvalue weighted by molar-refractivity contribution is 0.102. The average molecular weight is 381 g/mol. The molecular weight excluding hydrogens is 364 g/mol. The maximum absolute atomic E-state index is 13.7. The second-order valence-corrected chi connectivity index (χ2v) is 6.28. The predicted molar refractivity (Wildman–Crippen MR) is 102 cm³/mol. The smallest absolute Gasteiger partial charge is 0.274 e. The molecule has 2 aromatic carbocycles. The molecule has 5 nitrogen and oxygen atoms in total. The summed E-state index contributed by atoms with van der Waals surface area (Å²) in [6, 6.07) is 11.2. The SMILES string of the molecule is Cc1ccc(C)c(NC(=O)c2cc(C(=O)Nc3ccc(F)cc3F)ccn2)c1. The second-order valence-electron chi connectivity index (χ2n) is 6.28. The predicted octanol–water partition coefficient (Wildman–Crippen LogP) is 4.48. The number of rotatable bonds is 4. The third-order valence-electron chi connectivity index (χ3n) is 4.08. The number of anilines is 2. The van der Waals surface area contributed by atoms with Crippen molar-refractivity contribution in [3.8, 4) is 0 Å². The zero-order valence-electron chi connectivity index (χ0n) is 15.2. The highest BCUT2D eigenvalue weighted by Gasteiger charge is 2.14. The highest BCUT2D eigenvalue weighted by Crippen LogP contribution is 2.18. The first-order valence-corrected chi connectivity index (χ1v) is 8.44. The van der Waals surface area contributed by atoms with Crippen molar-refractivity contribution in [1.29, 1.82) is 0 Å². The number of benzene rings is 2. The van der Waals surface area contributed by atoms with E-state index in [4.69, 9.17) is 0 Å². The van der Waals surface area contributed by atoms with Gasteiger partial charge in [0.05, 0.1) is 5.69 Å². The molecule has 0 aliphatic rings. The highest BCUT2D eigenvalue weighted by atomic mass is 19.1. The van der Waals surface area contributed by atoms with Crippen LogP contribution in [0, 0.1) is 25.5 Å². The van der Waals surface area contributed by atoms with Crippen molar-refractivity contribution >= 4 is 23.2 Å². The molecule has 2 amide bonds. The highest BCUT2D eigenvalue weighted by molar-refractivity contribution is 6.08. The number of amides is 2. The Bertz CT molecular complexity index is 1070. The summed E-state index contributed by atoms with van der Waals surface area (Å²) in [6.07, 6.45) is 1.31. The van der Waals surface area contributed by atoms with Crippen molar-refractivity contribution in [2.75, 3.05) is 10.6 Å². The molecule has 0 fully saturated rings. The Morgan fingerprint density at radius 2 is 1.61 bits per heavy atom. The van der Waals surface area contributed by atoms with E-state index in [2.05, 4.69) is 15.6 Å². The average Bonchev–Trinajstić information content (AvgIpc) is 2.67. The summed E-state index contributed by atoms with van der Waals surface area (Å²) < 4.78 is 26.7. The van der Waals surface area contributed by atoms with E-state index < -0.39 is 23.4 Å². The van der Waals surface area contributed by atoms with Gasteiger partial charge >= 0.3 is 0 Å². The summed E-state index contributed by atoms with van der Waals surface area (Å²) >= 11 is 0. The summed E-state index contributed by atoms with van der Waals surface area (Å²) in [5.41, 5.74) is 2.51. The standard InChI is InChI=1S/C21H17F2N3O2/c1-12-3-4-13(2)18(9-12)26-21(28)19-10-14(7-8-24-19)20(27)25-17-6-5-15(22)11-16(17)23/h3-11H,1-2H3,(H,25,27)(H,26,28). The molecule has 0 unspecified atom stereocenters. The van der Waals surface area contributed by atoms with Crippen molar-refractivity contribution in [1.82, 2.24) is 4.98 Å². The first kappa shape index (κ1) is 19.2. The number of aryl methyl sites for hydroxylation is 2. The van der Waals surface area contributed by atoms with E-state index in [9.17, 15) is 18.4 Å². The van der Waals surface area contributed by atoms with Gasteiger partial charge in [-0.1, -0.05) is 12.1 Å². The summed E-state index contributed by atoms with van der Waals surface area (Å²) in [4.78, 5) is 28.8. The first-order valence-electron chi connectivity index (χ1n) is 8.44. The van der Waals surface area contributed by atoms with Crippen molar-refractivity contribution in [3.05, 3.63) is 88.7 Å². The van der Waals surface area contributed by atoms with Gasteiger partial charge in [-0.05, 0) is 55.3 Å². The van der Waals surface area contributed by atoms with Crippen molar-refractivity contribution in [2.24, 2.45) is 0 Å². The first-order chi connectivity index (χ1) is 13.3. The molecule has 1 heterocycles. The Labute approximate surface area is 160 Å². The Morgan fingerprint density at radius 1 is 0.857 bits per heavy atom. The van der Waals surface area contributed by atoms with Gasteiger partial charge in [-0.3, -0.25) is 14.6 Å². The van der Waals surface area contributed by atoms with Crippen LogP contribution in [0.15, 0.2) is 54.7 Å². The van der Waals surface area contributed by atoms with Crippen molar-refractivity contribution < 1.29 is 18.4 Å². The van der Waals surface area contributed by atoms with Gasteiger partial charge in [0.15, 0.2) is 0 Å². The molecule has 0 aliphatic carbocycles. The molecule has 0 spiro atoms. The number of pyridine rings is 1. The lowest BCUT2D eigenvalue weighted by Gasteiger charge is -2.10. The molecule has 0 atom stereocenters. The maximum Gasteiger partial charge on any atom is 0.274 e. The van der Waals surface area contributed by atoms with Crippen LogP contribution >= 0.6 is 0 Å². The van der Waals surface area contributed by atoms with Gasteiger partial charge in [0.1, 0.15) is 17.3 Å². The molecule has 1 aromatic heterocycles. The zero-order valence-corrected chi connectivity index (χ0v) is 15.2. The Kier molecular flexibility index (Phi) is 5.44. The number of halogens is 2. The topological polar surface area (TPSA) is 71.1 Å². The van der Waals surface area contributed by atoms with Crippen LogP contribution in [0.1, 0.15) is 32.0 Å². The van der Waals surface area contributed by atoms with E-state index >= 15 is 0 Å². The van der Waals surface area contributed by atoms with E-state index in [0.717, 1.165) is 23.3 Å². The minimum atomic E-state index is -0.893. The number of hydrogen-bond acceptors (Lipinski definition) is 3. The zero-order chi connectivity index (χ0) is 20.3. The molecular formula is C21H17F2N3O2. The molecule has 0 saturated heterocycles. The van der Waals surface area contributed by atoms with E-state index in [0.29, 0.717) is 11.8 Å². The molecule has 0 bridgehead atoms. The minimum Gasteiger partial charge on any atom is -0.320 e. The van der Waals surface area contributed by atoms with Crippen molar-refractivity contribution in [2.45, 2.75) is 13.8 Å². The number of carbonyl (C=O) groups is 2. The number of nitrogens with one attached hydrogen (secondary N) is 2. The van der Waals surface area contributed by atoms with Gasteiger partial charge in [-0.2, -0.15) is 0 Å². The van der Waals surface area contributed by atoms with Gasteiger partial charge in [0.25, 0.3) is 11.8 Å². The van der Waals surface area contributed by atoms with Gasteiger partial charge < -0.3 is 10.6 Å². The van der Waals surface area contributed by atoms with E-state index in [1.807, 2.05) is 32.0 Å². The van der Waals surface area contributed by atoms with E-state index in [1.165, 1.54) is 18.3 Å². The van der Waals surface area contributed by atoms with Crippen molar-refractivity contribution in [3.63, 3.8) is 0 Å². The number of nitrogens with zero attached hydrogens (tertiary/aromatic N) is 1. The molecule has 3 aromatic rings. The Morgan fingerprint density at radius 3 is 2.36 bits per heavy atom. The fraction of sp³-hybridized carbons (Fsp3) is 0.0952. The molecule has 142 valence electrons. The summed E-state index contributed by atoms with van der Waals surface area (Å²) in [6.45, 7) is 3.77. The molecule has 3 rings (SSSR count). The lowest BCUT2D eigenvalue weighted by atomic mass is 10.1. The third-order valence-corrected chi connectivity index (χ3v) is 4.08.